The third-order valence-electron chi connectivity index (χ3n) is 5.46. The minimum Gasteiger partial charge on any atom is -0.350 e. The van der Waals surface area contributed by atoms with Crippen LogP contribution in [0.5, 0.6) is 0 Å². The van der Waals surface area contributed by atoms with Crippen molar-refractivity contribution in [3.63, 3.8) is 0 Å². The van der Waals surface area contributed by atoms with Crippen molar-refractivity contribution in [2.45, 2.75) is 25.7 Å². The van der Waals surface area contributed by atoms with E-state index in [9.17, 15) is 0 Å². The standard InChI is InChI=1S/C26H25N3O2/c1-2-30-25-18-24(29(31-25)22-16-10-5-11-17-22)23-19-28(21-14-8-4-9-15-21)27-26(23)20-12-6-3-7-13-20/h3-17,19,24-25H,2,18H2,1H3/t24-,25-/m0/s1. The Morgan fingerprint density at radius 3 is 2.13 bits per heavy atom. The van der Waals surface area contributed by atoms with E-state index in [1.54, 1.807) is 0 Å². The second-order valence-corrected chi connectivity index (χ2v) is 7.48. The lowest BCUT2D eigenvalue weighted by Crippen LogP contribution is -2.22. The fourth-order valence-electron chi connectivity index (χ4n) is 4.04. The Balaban J connectivity index is 1.62. The molecule has 0 saturated carbocycles. The first-order valence-corrected chi connectivity index (χ1v) is 10.7. The molecule has 2 heterocycles. The van der Waals surface area contributed by atoms with E-state index in [1.807, 2.05) is 71.3 Å². The molecule has 0 unspecified atom stereocenters. The fourth-order valence-corrected chi connectivity index (χ4v) is 4.04. The van der Waals surface area contributed by atoms with E-state index in [2.05, 4.69) is 42.6 Å². The van der Waals surface area contributed by atoms with Crippen molar-refractivity contribution >= 4 is 5.69 Å². The summed E-state index contributed by atoms with van der Waals surface area (Å²) in [7, 11) is 0. The van der Waals surface area contributed by atoms with Crippen LogP contribution in [-0.2, 0) is 9.57 Å². The van der Waals surface area contributed by atoms with Crippen molar-refractivity contribution in [3.8, 4) is 16.9 Å². The molecule has 4 aromatic rings. The zero-order valence-corrected chi connectivity index (χ0v) is 17.5. The normalized spacial score (nSPS) is 18.4. The molecule has 1 aliphatic heterocycles. The van der Waals surface area contributed by atoms with Gasteiger partial charge in [-0.05, 0) is 31.2 Å². The highest BCUT2D eigenvalue weighted by Gasteiger charge is 2.38. The van der Waals surface area contributed by atoms with Crippen LogP contribution in [0.2, 0.25) is 0 Å². The predicted octanol–water partition coefficient (Wildman–Crippen LogP) is 5.78. The molecule has 0 N–H and O–H groups in total. The van der Waals surface area contributed by atoms with Crippen LogP contribution in [0.4, 0.5) is 5.69 Å². The highest BCUT2D eigenvalue weighted by atomic mass is 16.8. The first-order valence-electron chi connectivity index (χ1n) is 10.7. The molecule has 5 heteroatoms. The average molecular weight is 412 g/mol. The molecule has 0 radical (unpaired) electrons. The van der Waals surface area contributed by atoms with Crippen molar-refractivity contribution in [2.24, 2.45) is 0 Å². The molecule has 1 aromatic heterocycles. The SMILES string of the molecule is CCO[C@@H]1C[C@@H](c2cn(-c3ccccc3)nc2-c2ccccc2)N(c2ccccc2)O1. The number of nitrogens with zero attached hydrogens (tertiary/aromatic N) is 3. The van der Waals surface area contributed by atoms with Crippen LogP contribution in [0.25, 0.3) is 16.9 Å². The summed E-state index contributed by atoms with van der Waals surface area (Å²) >= 11 is 0. The van der Waals surface area contributed by atoms with Crippen LogP contribution in [0, 0.1) is 0 Å². The Labute approximate surface area is 182 Å². The highest BCUT2D eigenvalue weighted by Crippen LogP contribution is 2.42. The summed E-state index contributed by atoms with van der Waals surface area (Å²) in [5, 5.41) is 6.96. The van der Waals surface area contributed by atoms with E-state index in [1.165, 1.54) is 0 Å². The van der Waals surface area contributed by atoms with Gasteiger partial charge in [0.1, 0.15) is 0 Å². The summed E-state index contributed by atoms with van der Waals surface area (Å²) < 4.78 is 7.81. The van der Waals surface area contributed by atoms with Gasteiger partial charge in [0, 0.05) is 30.4 Å². The number of hydrogen-bond acceptors (Lipinski definition) is 4. The van der Waals surface area contributed by atoms with Gasteiger partial charge in [-0.15, -0.1) is 0 Å². The van der Waals surface area contributed by atoms with Crippen LogP contribution in [0.15, 0.2) is 97.2 Å². The third kappa shape index (κ3) is 3.98. The summed E-state index contributed by atoms with van der Waals surface area (Å²) in [6, 6.07) is 30.7. The molecule has 5 rings (SSSR count). The Kier molecular flexibility index (Phi) is 5.52. The molecule has 3 aromatic carbocycles. The molecule has 1 saturated heterocycles. The first-order chi connectivity index (χ1) is 15.3. The maximum Gasteiger partial charge on any atom is 0.186 e. The number of rotatable bonds is 6. The van der Waals surface area contributed by atoms with Gasteiger partial charge in [0.15, 0.2) is 6.29 Å². The summed E-state index contributed by atoms with van der Waals surface area (Å²) in [6.07, 6.45) is 2.55. The second-order valence-electron chi connectivity index (χ2n) is 7.48. The largest absolute Gasteiger partial charge is 0.350 e. The number of anilines is 1. The quantitative estimate of drug-likeness (QED) is 0.403. The highest BCUT2D eigenvalue weighted by molar-refractivity contribution is 5.65. The minimum absolute atomic E-state index is 0.0216. The van der Waals surface area contributed by atoms with Gasteiger partial charge in [-0.2, -0.15) is 5.10 Å². The minimum atomic E-state index is -0.293. The molecule has 0 spiro atoms. The Bertz CT molecular complexity index is 1110. The van der Waals surface area contributed by atoms with E-state index in [4.69, 9.17) is 14.7 Å². The lowest BCUT2D eigenvalue weighted by Gasteiger charge is -2.24. The number of para-hydroxylation sites is 2. The fraction of sp³-hybridized carbons (Fsp3) is 0.192. The summed E-state index contributed by atoms with van der Waals surface area (Å²) in [5.41, 5.74) is 5.18. The molecule has 5 nitrogen and oxygen atoms in total. The van der Waals surface area contributed by atoms with Gasteiger partial charge in [-0.25, -0.2) is 14.6 Å². The summed E-state index contributed by atoms with van der Waals surface area (Å²) in [4.78, 5) is 6.23. The maximum atomic E-state index is 6.23. The maximum absolute atomic E-state index is 6.23. The molecule has 31 heavy (non-hydrogen) atoms. The van der Waals surface area contributed by atoms with Crippen molar-refractivity contribution < 1.29 is 9.57 Å². The zero-order chi connectivity index (χ0) is 21.0. The first kappa shape index (κ1) is 19.5. The van der Waals surface area contributed by atoms with Gasteiger partial charge >= 0.3 is 0 Å². The van der Waals surface area contributed by atoms with Gasteiger partial charge in [0.25, 0.3) is 0 Å². The van der Waals surface area contributed by atoms with Crippen molar-refractivity contribution in [2.75, 3.05) is 11.7 Å². The molecule has 1 aliphatic rings. The van der Waals surface area contributed by atoms with Gasteiger partial charge in [-0.1, -0.05) is 66.7 Å². The monoisotopic (exact) mass is 411 g/mol. The number of aromatic nitrogens is 2. The Hall–Kier alpha value is -3.41. The van der Waals surface area contributed by atoms with Crippen molar-refractivity contribution in [1.29, 1.82) is 0 Å². The Morgan fingerprint density at radius 1 is 0.871 bits per heavy atom. The zero-order valence-electron chi connectivity index (χ0n) is 17.5. The molecule has 2 atom stereocenters. The van der Waals surface area contributed by atoms with Gasteiger partial charge in [0.2, 0.25) is 0 Å². The average Bonchev–Trinajstić information content (AvgIpc) is 3.46. The molecule has 1 fully saturated rings. The topological polar surface area (TPSA) is 39.5 Å². The lowest BCUT2D eigenvalue weighted by atomic mass is 10.00. The van der Waals surface area contributed by atoms with E-state index in [0.29, 0.717) is 6.61 Å². The van der Waals surface area contributed by atoms with Crippen LogP contribution in [-0.4, -0.2) is 22.7 Å². The molecular weight excluding hydrogens is 386 g/mol. The number of benzene rings is 3. The van der Waals surface area contributed by atoms with E-state index in [0.717, 1.165) is 34.6 Å². The molecular formula is C26H25N3O2. The molecule has 156 valence electrons. The predicted molar refractivity (Wildman–Crippen MR) is 122 cm³/mol. The van der Waals surface area contributed by atoms with E-state index in [-0.39, 0.29) is 12.3 Å². The van der Waals surface area contributed by atoms with Gasteiger partial charge < -0.3 is 4.74 Å². The molecule has 0 amide bonds. The number of ether oxygens (including phenoxy) is 1. The van der Waals surface area contributed by atoms with E-state index >= 15 is 0 Å². The Morgan fingerprint density at radius 2 is 1.48 bits per heavy atom. The van der Waals surface area contributed by atoms with Crippen LogP contribution in [0.1, 0.15) is 24.9 Å². The summed E-state index contributed by atoms with van der Waals surface area (Å²) in [6.45, 7) is 2.60. The van der Waals surface area contributed by atoms with Crippen LogP contribution < -0.4 is 5.06 Å². The molecule has 0 aliphatic carbocycles. The lowest BCUT2D eigenvalue weighted by molar-refractivity contribution is -0.115. The van der Waals surface area contributed by atoms with Crippen molar-refractivity contribution in [1.82, 2.24) is 9.78 Å². The molecule has 0 bridgehead atoms. The van der Waals surface area contributed by atoms with Gasteiger partial charge in [0.05, 0.1) is 23.1 Å². The van der Waals surface area contributed by atoms with Crippen molar-refractivity contribution in [3.05, 3.63) is 103 Å². The number of hydroxylamine groups is 1. The van der Waals surface area contributed by atoms with Gasteiger partial charge in [-0.3, -0.25) is 0 Å². The second kappa shape index (κ2) is 8.76. The smallest absolute Gasteiger partial charge is 0.186 e. The number of hydrogen-bond donors (Lipinski definition) is 0. The van der Waals surface area contributed by atoms with Crippen LogP contribution in [0.3, 0.4) is 0 Å². The van der Waals surface area contributed by atoms with Crippen LogP contribution >= 0.6 is 0 Å². The summed E-state index contributed by atoms with van der Waals surface area (Å²) in [5.74, 6) is 0. The third-order valence-corrected chi connectivity index (χ3v) is 5.46. The van der Waals surface area contributed by atoms with E-state index < -0.39 is 0 Å².